The Morgan fingerprint density at radius 2 is 1.78 bits per heavy atom. The minimum atomic E-state index is -0.283. The highest BCUT2D eigenvalue weighted by atomic mass is 35.5. The van der Waals surface area contributed by atoms with Gasteiger partial charge in [-0.2, -0.15) is 0 Å². The monoisotopic (exact) mass is 560 g/mol. The Hall–Kier alpha value is -2.71. The molecule has 2 aliphatic heterocycles. The molecular weight excluding hydrogens is 533 g/mol. The SMILES string of the molecule is CN1CCN(C2=Nc3ccc(F)cc3Nc3sc4ccccc4c32)C[C@@H]1CCc1cccc(F)c1.Cl.Cl. The van der Waals surface area contributed by atoms with Gasteiger partial charge in [-0.3, -0.25) is 4.90 Å². The third-order valence-corrected chi connectivity index (χ3v) is 8.07. The number of aryl methyl sites for hydroxylation is 1. The van der Waals surface area contributed by atoms with Crippen LogP contribution in [0.25, 0.3) is 10.1 Å². The lowest BCUT2D eigenvalue weighted by Crippen LogP contribution is -2.53. The van der Waals surface area contributed by atoms with E-state index < -0.39 is 0 Å². The first kappa shape index (κ1) is 27.3. The van der Waals surface area contributed by atoms with E-state index in [1.165, 1.54) is 22.9 Å². The topological polar surface area (TPSA) is 30.9 Å². The molecule has 37 heavy (non-hydrogen) atoms. The number of amidine groups is 1. The summed E-state index contributed by atoms with van der Waals surface area (Å²) in [5.74, 6) is 0.460. The van der Waals surface area contributed by atoms with E-state index in [4.69, 9.17) is 4.99 Å². The molecule has 0 spiro atoms. The number of fused-ring (bicyclic) bond motifs is 4. The number of hydrogen-bond donors (Lipinski definition) is 1. The minimum Gasteiger partial charge on any atom is -0.353 e. The van der Waals surface area contributed by atoms with Crippen molar-refractivity contribution in [2.75, 3.05) is 32.0 Å². The van der Waals surface area contributed by atoms with Crippen molar-refractivity contribution in [1.82, 2.24) is 9.80 Å². The number of anilines is 2. The van der Waals surface area contributed by atoms with Gasteiger partial charge in [0.2, 0.25) is 0 Å². The van der Waals surface area contributed by atoms with Crippen molar-refractivity contribution < 1.29 is 8.78 Å². The Labute approximate surface area is 231 Å². The van der Waals surface area contributed by atoms with Crippen LogP contribution in [-0.2, 0) is 6.42 Å². The molecule has 0 aliphatic carbocycles. The second-order valence-electron chi connectivity index (χ2n) is 9.27. The van der Waals surface area contributed by atoms with Gasteiger partial charge in [0.05, 0.1) is 16.9 Å². The van der Waals surface area contributed by atoms with E-state index in [1.807, 2.05) is 12.1 Å². The molecule has 1 N–H and O–H groups in total. The number of nitrogens with one attached hydrogen (secondary N) is 1. The molecule has 4 aromatic rings. The Bertz CT molecular complexity index is 1440. The second-order valence-corrected chi connectivity index (χ2v) is 10.3. The number of hydrogen-bond acceptors (Lipinski definition) is 5. The van der Waals surface area contributed by atoms with E-state index in [0.717, 1.165) is 65.5 Å². The number of rotatable bonds is 3. The van der Waals surface area contributed by atoms with Gasteiger partial charge in [-0.1, -0.05) is 30.3 Å². The average molecular weight is 562 g/mol. The first-order chi connectivity index (χ1) is 17.0. The first-order valence-corrected chi connectivity index (χ1v) is 12.7. The van der Waals surface area contributed by atoms with Gasteiger partial charge in [0, 0.05) is 35.8 Å². The minimum absolute atomic E-state index is 0. The standard InChI is InChI=1S/C28H26F2N4S.2ClH/c1-33-13-14-34(17-21(33)11-9-18-5-4-6-19(29)15-18)27-26-22-7-2-3-8-25(22)35-28(26)32-24-16-20(30)10-12-23(24)31-27;;/h2-8,10,12,15-16,21,32H,9,11,13-14,17H2,1H3;2*1H/t21-;;/m0../s1. The van der Waals surface area contributed by atoms with Crippen LogP contribution in [0.15, 0.2) is 71.7 Å². The maximum absolute atomic E-state index is 14.1. The van der Waals surface area contributed by atoms with E-state index in [2.05, 4.69) is 40.4 Å². The molecule has 0 bridgehead atoms. The Balaban J connectivity index is 0.00000160. The molecule has 3 aromatic carbocycles. The summed E-state index contributed by atoms with van der Waals surface area (Å²) in [6.45, 7) is 2.59. The molecule has 0 saturated carbocycles. The van der Waals surface area contributed by atoms with Crippen molar-refractivity contribution in [1.29, 1.82) is 0 Å². The zero-order chi connectivity index (χ0) is 23.9. The van der Waals surface area contributed by atoms with Gasteiger partial charge in [0.25, 0.3) is 0 Å². The van der Waals surface area contributed by atoms with Gasteiger partial charge in [0.15, 0.2) is 0 Å². The molecule has 3 heterocycles. The number of benzene rings is 3. The zero-order valence-electron chi connectivity index (χ0n) is 20.3. The molecule has 0 unspecified atom stereocenters. The molecule has 1 aromatic heterocycles. The van der Waals surface area contributed by atoms with Crippen molar-refractivity contribution in [2.45, 2.75) is 18.9 Å². The number of thiophene rings is 1. The van der Waals surface area contributed by atoms with Crippen molar-refractivity contribution in [3.8, 4) is 0 Å². The average Bonchev–Trinajstić information content (AvgIpc) is 3.13. The fourth-order valence-corrected chi connectivity index (χ4v) is 6.17. The van der Waals surface area contributed by atoms with Crippen LogP contribution in [0.5, 0.6) is 0 Å². The second kappa shape index (κ2) is 11.4. The summed E-state index contributed by atoms with van der Waals surface area (Å²) in [4.78, 5) is 9.87. The Morgan fingerprint density at radius 3 is 2.62 bits per heavy atom. The predicted octanol–water partition coefficient (Wildman–Crippen LogP) is 7.41. The summed E-state index contributed by atoms with van der Waals surface area (Å²) in [6.07, 6.45) is 1.75. The summed E-state index contributed by atoms with van der Waals surface area (Å²) in [6, 6.07) is 20.3. The lowest BCUT2D eigenvalue weighted by atomic mass is 10.0. The summed E-state index contributed by atoms with van der Waals surface area (Å²) in [5, 5.41) is 5.61. The first-order valence-electron chi connectivity index (χ1n) is 11.9. The quantitative estimate of drug-likeness (QED) is 0.283. The highest BCUT2D eigenvalue weighted by Gasteiger charge is 2.31. The summed E-state index contributed by atoms with van der Waals surface area (Å²) >= 11 is 1.67. The highest BCUT2D eigenvalue weighted by Crippen LogP contribution is 2.43. The maximum Gasteiger partial charge on any atom is 0.140 e. The van der Waals surface area contributed by atoms with E-state index in [1.54, 1.807) is 29.5 Å². The Kier molecular flexibility index (Phi) is 8.39. The normalized spacial score (nSPS) is 17.0. The fraction of sp³-hybridized carbons (Fsp3) is 0.250. The summed E-state index contributed by atoms with van der Waals surface area (Å²) in [7, 11) is 2.16. The third-order valence-electron chi connectivity index (χ3n) is 6.98. The highest BCUT2D eigenvalue weighted by molar-refractivity contribution is 7.23. The van der Waals surface area contributed by atoms with Crippen molar-refractivity contribution in [3.63, 3.8) is 0 Å². The molecule has 6 rings (SSSR count). The van der Waals surface area contributed by atoms with Crippen LogP contribution in [0.2, 0.25) is 0 Å². The largest absolute Gasteiger partial charge is 0.353 e. The summed E-state index contributed by atoms with van der Waals surface area (Å²) < 4.78 is 28.9. The molecule has 9 heteroatoms. The van der Waals surface area contributed by atoms with Crippen LogP contribution >= 0.6 is 36.2 Å². The van der Waals surface area contributed by atoms with Crippen molar-refractivity contribution in [2.24, 2.45) is 4.99 Å². The number of likely N-dealkylation sites (N-methyl/N-ethyl adjacent to an activating group) is 1. The predicted molar refractivity (Wildman–Crippen MR) is 155 cm³/mol. The van der Waals surface area contributed by atoms with Crippen LogP contribution in [0, 0.1) is 11.6 Å². The van der Waals surface area contributed by atoms with Crippen molar-refractivity contribution >= 4 is 68.4 Å². The number of nitrogens with zero attached hydrogens (tertiary/aromatic N) is 3. The van der Waals surface area contributed by atoms with Crippen LogP contribution in [-0.4, -0.2) is 48.4 Å². The lowest BCUT2D eigenvalue weighted by Gasteiger charge is -2.41. The van der Waals surface area contributed by atoms with Gasteiger partial charge in [-0.15, -0.1) is 36.2 Å². The van der Waals surface area contributed by atoms with E-state index in [9.17, 15) is 8.78 Å². The molecule has 194 valence electrons. The molecule has 0 amide bonds. The number of piperazine rings is 1. The van der Waals surface area contributed by atoms with Crippen LogP contribution in [0.3, 0.4) is 0 Å². The molecule has 1 saturated heterocycles. The molecule has 0 radical (unpaired) electrons. The van der Waals surface area contributed by atoms with Gasteiger partial charge in [0.1, 0.15) is 22.5 Å². The van der Waals surface area contributed by atoms with E-state index >= 15 is 0 Å². The lowest BCUT2D eigenvalue weighted by molar-refractivity contribution is 0.134. The zero-order valence-corrected chi connectivity index (χ0v) is 22.7. The van der Waals surface area contributed by atoms with Crippen LogP contribution in [0.1, 0.15) is 17.5 Å². The van der Waals surface area contributed by atoms with Gasteiger partial charge in [-0.05, 0) is 61.9 Å². The molecule has 1 atom stereocenters. The summed E-state index contributed by atoms with van der Waals surface area (Å²) in [5.41, 5.74) is 3.53. The molecule has 1 fully saturated rings. The van der Waals surface area contributed by atoms with Crippen LogP contribution in [0.4, 0.5) is 25.2 Å². The molecule has 4 nitrogen and oxygen atoms in total. The van der Waals surface area contributed by atoms with E-state index in [0.29, 0.717) is 11.7 Å². The van der Waals surface area contributed by atoms with Gasteiger partial charge < -0.3 is 10.2 Å². The third kappa shape index (κ3) is 5.46. The van der Waals surface area contributed by atoms with E-state index in [-0.39, 0.29) is 36.4 Å². The molecular formula is C28H28Cl2F2N4S. The smallest absolute Gasteiger partial charge is 0.140 e. The Morgan fingerprint density at radius 1 is 0.973 bits per heavy atom. The fourth-order valence-electron chi connectivity index (χ4n) is 5.06. The number of aliphatic imine (C=N–C) groups is 1. The van der Waals surface area contributed by atoms with Gasteiger partial charge in [-0.25, -0.2) is 13.8 Å². The maximum atomic E-state index is 14.1. The van der Waals surface area contributed by atoms with Gasteiger partial charge >= 0.3 is 0 Å². The van der Waals surface area contributed by atoms with Crippen molar-refractivity contribution in [3.05, 3.63) is 89.5 Å². The number of halogens is 4. The molecule has 2 aliphatic rings. The van der Waals surface area contributed by atoms with Crippen LogP contribution < -0.4 is 5.32 Å².